The van der Waals surface area contributed by atoms with Gasteiger partial charge in [-0.05, 0) is 17.4 Å². The predicted octanol–water partition coefficient (Wildman–Crippen LogP) is 3.22. The Balaban J connectivity index is 2.20. The van der Waals surface area contributed by atoms with E-state index in [-0.39, 0.29) is 6.04 Å². The largest absolute Gasteiger partial charge is 0.333 e. The fourth-order valence-electron chi connectivity index (χ4n) is 2.09. The molecule has 1 heterocycles. The zero-order chi connectivity index (χ0) is 13.8. The van der Waals surface area contributed by atoms with Crippen molar-refractivity contribution in [3.05, 3.63) is 54.1 Å². The molecule has 2 unspecified atom stereocenters. The number of aromatic nitrogens is 2. The maximum Gasteiger partial charge on any atom is 0.0948 e. The lowest BCUT2D eigenvalue weighted by Crippen LogP contribution is -2.20. The number of rotatable bonds is 5. The van der Waals surface area contributed by atoms with Gasteiger partial charge in [-0.25, -0.2) is 4.98 Å². The minimum absolute atomic E-state index is 0.108. The van der Waals surface area contributed by atoms with Gasteiger partial charge >= 0.3 is 0 Å². The van der Waals surface area contributed by atoms with Crippen LogP contribution < -0.4 is 5.73 Å². The van der Waals surface area contributed by atoms with Gasteiger partial charge in [-0.3, -0.25) is 0 Å². The van der Waals surface area contributed by atoms with E-state index in [4.69, 9.17) is 5.73 Å². The Morgan fingerprint density at radius 3 is 2.47 bits per heavy atom. The quantitative estimate of drug-likeness (QED) is 0.893. The van der Waals surface area contributed by atoms with Crippen molar-refractivity contribution in [3.63, 3.8) is 0 Å². The fourth-order valence-corrected chi connectivity index (χ4v) is 2.09. The van der Waals surface area contributed by atoms with Gasteiger partial charge in [0.05, 0.1) is 24.3 Å². The molecule has 1 aromatic carbocycles. The molecule has 0 fully saturated rings. The average Bonchev–Trinajstić information content (AvgIpc) is 2.87. The van der Waals surface area contributed by atoms with Crippen molar-refractivity contribution in [1.29, 1.82) is 0 Å². The third kappa shape index (κ3) is 3.24. The third-order valence-electron chi connectivity index (χ3n) is 3.84. The zero-order valence-electron chi connectivity index (χ0n) is 12.0. The van der Waals surface area contributed by atoms with Gasteiger partial charge in [0.2, 0.25) is 0 Å². The van der Waals surface area contributed by atoms with Crippen LogP contribution in [0.25, 0.3) is 0 Å². The SMILES string of the molecule is CC(C)C(C)Cn1cncc1C(N)c1ccccc1. The topological polar surface area (TPSA) is 43.8 Å². The van der Waals surface area contributed by atoms with Gasteiger partial charge in [0.15, 0.2) is 0 Å². The summed E-state index contributed by atoms with van der Waals surface area (Å²) in [6.07, 6.45) is 3.77. The van der Waals surface area contributed by atoms with Gasteiger partial charge in [0.25, 0.3) is 0 Å². The predicted molar refractivity (Wildman–Crippen MR) is 78.7 cm³/mol. The highest BCUT2D eigenvalue weighted by Crippen LogP contribution is 2.21. The van der Waals surface area contributed by atoms with Crippen molar-refractivity contribution in [2.24, 2.45) is 17.6 Å². The molecule has 0 bridgehead atoms. The van der Waals surface area contributed by atoms with E-state index in [1.807, 2.05) is 30.7 Å². The molecule has 2 N–H and O–H groups in total. The maximum absolute atomic E-state index is 6.35. The number of imidazole rings is 1. The standard InChI is InChI=1S/C16H23N3/c1-12(2)13(3)10-19-11-18-9-15(19)16(17)14-7-5-4-6-8-14/h4-9,11-13,16H,10,17H2,1-3H3. The number of benzene rings is 1. The monoisotopic (exact) mass is 257 g/mol. The summed E-state index contributed by atoms with van der Waals surface area (Å²) in [6, 6.07) is 10.1. The number of hydrogen-bond acceptors (Lipinski definition) is 2. The van der Waals surface area contributed by atoms with Crippen LogP contribution in [0.3, 0.4) is 0 Å². The molecule has 0 aliphatic rings. The summed E-state index contributed by atoms with van der Waals surface area (Å²) < 4.78 is 2.18. The van der Waals surface area contributed by atoms with Crippen LogP contribution in [0.4, 0.5) is 0 Å². The Hall–Kier alpha value is -1.61. The maximum atomic E-state index is 6.35. The minimum atomic E-state index is -0.108. The van der Waals surface area contributed by atoms with Crippen molar-refractivity contribution < 1.29 is 0 Å². The third-order valence-corrected chi connectivity index (χ3v) is 3.84. The van der Waals surface area contributed by atoms with Gasteiger partial charge in [0, 0.05) is 6.54 Å². The Labute approximate surface area is 115 Å². The smallest absolute Gasteiger partial charge is 0.0948 e. The molecule has 102 valence electrons. The molecule has 19 heavy (non-hydrogen) atoms. The van der Waals surface area contributed by atoms with Gasteiger partial charge in [-0.1, -0.05) is 51.1 Å². The highest BCUT2D eigenvalue weighted by Gasteiger charge is 2.16. The van der Waals surface area contributed by atoms with Crippen LogP contribution in [0.5, 0.6) is 0 Å². The van der Waals surface area contributed by atoms with E-state index in [0.29, 0.717) is 11.8 Å². The summed E-state index contributed by atoms with van der Waals surface area (Å²) in [4.78, 5) is 4.26. The molecule has 3 heteroatoms. The molecule has 2 aromatic rings. The second-order valence-electron chi connectivity index (χ2n) is 5.58. The molecule has 3 nitrogen and oxygen atoms in total. The van der Waals surface area contributed by atoms with Gasteiger partial charge in [0.1, 0.15) is 0 Å². The number of hydrogen-bond donors (Lipinski definition) is 1. The summed E-state index contributed by atoms with van der Waals surface area (Å²) >= 11 is 0. The van der Waals surface area contributed by atoms with Crippen LogP contribution in [-0.4, -0.2) is 9.55 Å². The Kier molecular flexibility index (Phi) is 4.38. The molecule has 0 radical (unpaired) electrons. The number of nitrogens with zero attached hydrogens (tertiary/aromatic N) is 2. The van der Waals surface area contributed by atoms with Crippen LogP contribution in [-0.2, 0) is 6.54 Å². The van der Waals surface area contributed by atoms with Crippen molar-refractivity contribution in [2.45, 2.75) is 33.4 Å². The molecule has 1 aromatic heterocycles. The van der Waals surface area contributed by atoms with E-state index < -0.39 is 0 Å². The van der Waals surface area contributed by atoms with Crippen LogP contribution in [0.1, 0.15) is 38.1 Å². The van der Waals surface area contributed by atoms with E-state index in [1.165, 1.54) is 0 Å². The van der Waals surface area contributed by atoms with E-state index in [9.17, 15) is 0 Å². The van der Waals surface area contributed by atoms with E-state index in [2.05, 4.69) is 42.5 Å². The summed E-state index contributed by atoms with van der Waals surface area (Å²) in [7, 11) is 0. The first kappa shape index (κ1) is 13.8. The van der Waals surface area contributed by atoms with Crippen LogP contribution >= 0.6 is 0 Å². The molecule has 0 saturated carbocycles. The van der Waals surface area contributed by atoms with Crippen molar-refractivity contribution in [3.8, 4) is 0 Å². The molecular weight excluding hydrogens is 234 g/mol. The fraction of sp³-hybridized carbons (Fsp3) is 0.438. The van der Waals surface area contributed by atoms with Gasteiger partial charge in [-0.15, -0.1) is 0 Å². The molecule has 2 atom stereocenters. The zero-order valence-corrected chi connectivity index (χ0v) is 12.0. The summed E-state index contributed by atoms with van der Waals surface area (Å²) in [5.74, 6) is 1.26. The molecular formula is C16H23N3. The Morgan fingerprint density at radius 1 is 1.16 bits per heavy atom. The van der Waals surface area contributed by atoms with E-state index in [1.54, 1.807) is 0 Å². The summed E-state index contributed by atoms with van der Waals surface area (Å²) in [5.41, 5.74) is 8.56. The van der Waals surface area contributed by atoms with Gasteiger partial charge < -0.3 is 10.3 Å². The van der Waals surface area contributed by atoms with E-state index >= 15 is 0 Å². The second kappa shape index (κ2) is 6.02. The summed E-state index contributed by atoms with van der Waals surface area (Å²) in [5, 5.41) is 0. The minimum Gasteiger partial charge on any atom is -0.333 e. The highest BCUT2D eigenvalue weighted by atomic mass is 15.1. The lowest BCUT2D eigenvalue weighted by molar-refractivity contribution is 0.359. The lowest BCUT2D eigenvalue weighted by atomic mass is 9.97. The van der Waals surface area contributed by atoms with Crippen LogP contribution in [0, 0.1) is 11.8 Å². The Morgan fingerprint density at radius 2 is 1.84 bits per heavy atom. The van der Waals surface area contributed by atoms with Gasteiger partial charge in [-0.2, -0.15) is 0 Å². The van der Waals surface area contributed by atoms with Crippen molar-refractivity contribution in [2.75, 3.05) is 0 Å². The number of nitrogens with two attached hydrogens (primary N) is 1. The highest BCUT2D eigenvalue weighted by molar-refractivity contribution is 5.26. The molecule has 0 saturated heterocycles. The van der Waals surface area contributed by atoms with E-state index in [0.717, 1.165) is 17.8 Å². The molecule has 0 aliphatic carbocycles. The second-order valence-corrected chi connectivity index (χ2v) is 5.58. The first-order valence-corrected chi connectivity index (χ1v) is 6.90. The molecule has 2 rings (SSSR count). The van der Waals surface area contributed by atoms with Crippen LogP contribution in [0.15, 0.2) is 42.9 Å². The first-order chi connectivity index (χ1) is 9.09. The summed E-state index contributed by atoms with van der Waals surface area (Å²) in [6.45, 7) is 7.73. The van der Waals surface area contributed by atoms with Crippen molar-refractivity contribution >= 4 is 0 Å². The van der Waals surface area contributed by atoms with Crippen LogP contribution in [0.2, 0.25) is 0 Å². The normalized spacial score (nSPS) is 14.6. The average molecular weight is 257 g/mol. The molecule has 0 spiro atoms. The lowest BCUT2D eigenvalue weighted by Gasteiger charge is -2.20. The van der Waals surface area contributed by atoms with Crippen molar-refractivity contribution in [1.82, 2.24) is 9.55 Å². The first-order valence-electron chi connectivity index (χ1n) is 6.90. The molecule has 0 aliphatic heterocycles. The molecule has 0 amide bonds. The Bertz CT molecular complexity index is 502.